The number of carbonyl (C=O) groups excluding carboxylic acids is 1. The second-order valence-corrected chi connectivity index (χ2v) is 6.57. The number of anilines is 2. The molecule has 2 aromatic carbocycles. The highest BCUT2D eigenvalue weighted by molar-refractivity contribution is 5.92. The molecule has 0 aromatic heterocycles. The van der Waals surface area contributed by atoms with Crippen molar-refractivity contribution < 1.29 is 22.9 Å². The van der Waals surface area contributed by atoms with Crippen LogP contribution in [-0.4, -0.2) is 23.9 Å². The monoisotopic (exact) mass is 393 g/mol. The van der Waals surface area contributed by atoms with E-state index in [4.69, 9.17) is 0 Å². The highest BCUT2D eigenvalue weighted by Crippen LogP contribution is 2.37. The molecule has 6 nitrogen and oxygen atoms in total. The summed E-state index contributed by atoms with van der Waals surface area (Å²) in [6.07, 6.45) is -3.74. The van der Waals surface area contributed by atoms with E-state index in [2.05, 4.69) is 5.32 Å². The van der Waals surface area contributed by atoms with Crippen LogP contribution in [0.25, 0.3) is 0 Å². The maximum Gasteiger partial charge on any atom is 0.416 e. The van der Waals surface area contributed by atoms with E-state index in [1.54, 1.807) is 17.0 Å². The number of amides is 1. The van der Waals surface area contributed by atoms with E-state index >= 15 is 0 Å². The summed E-state index contributed by atoms with van der Waals surface area (Å²) < 4.78 is 38.5. The highest BCUT2D eigenvalue weighted by atomic mass is 19.4. The first-order valence-corrected chi connectivity index (χ1v) is 8.72. The van der Waals surface area contributed by atoms with Gasteiger partial charge in [0, 0.05) is 30.8 Å². The Morgan fingerprint density at radius 1 is 1.11 bits per heavy atom. The summed E-state index contributed by atoms with van der Waals surface area (Å²) in [6.45, 7) is 0.693. The Kier molecular flexibility index (Phi) is 5.53. The smallest absolute Gasteiger partial charge is 0.366 e. The normalized spacial score (nSPS) is 15.3. The van der Waals surface area contributed by atoms with Crippen LogP contribution in [0.15, 0.2) is 48.5 Å². The average molecular weight is 393 g/mol. The van der Waals surface area contributed by atoms with Crippen LogP contribution in [0.4, 0.5) is 30.2 Å². The van der Waals surface area contributed by atoms with Crippen LogP contribution in [0.5, 0.6) is 0 Å². The zero-order valence-corrected chi connectivity index (χ0v) is 14.8. The lowest BCUT2D eigenvalue weighted by molar-refractivity contribution is -0.384. The lowest BCUT2D eigenvalue weighted by Gasteiger charge is -2.32. The van der Waals surface area contributed by atoms with Crippen molar-refractivity contribution >= 4 is 23.0 Å². The molecule has 1 amide bonds. The van der Waals surface area contributed by atoms with Crippen LogP contribution in [0, 0.1) is 16.0 Å². The first-order valence-electron chi connectivity index (χ1n) is 8.72. The van der Waals surface area contributed by atoms with Gasteiger partial charge in [0.05, 0.1) is 10.5 Å². The summed E-state index contributed by atoms with van der Waals surface area (Å²) >= 11 is 0. The molecule has 0 saturated carbocycles. The Morgan fingerprint density at radius 2 is 1.75 bits per heavy atom. The molecule has 9 heteroatoms. The Balaban J connectivity index is 1.69. The van der Waals surface area contributed by atoms with E-state index in [0.29, 0.717) is 37.7 Å². The molecule has 1 saturated heterocycles. The molecule has 1 N–H and O–H groups in total. The minimum Gasteiger partial charge on any atom is -0.366 e. The Hall–Kier alpha value is -3.10. The third kappa shape index (κ3) is 4.41. The zero-order chi connectivity index (χ0) is 20.3. The molecule has 2 aromatic rings. The van der Waals surface area contributed by atoms with Gasteiger partial charge in [0.2, 0.25) is 5.91 Å². The van der Waals surface area contributed by atoms with E-state index in [0.717, 1.165) is 12.1 Å². The van der Waals surface area contributed by atoms with Crippen LogP contribution in [0.3, 0.4) is 0 Å². The molecule has 3 rings (SSSR count). The Morgan fingerprint density at radius 3 is 2.32 bits per heavy atom. The van der Waals surface area contributed by atoms with Crippen molar-refractivity contribution in [3.8, 4) is 0 Å². The van der Waals surface area contributed by atoms with Gasteiger partial charge in [-0.25, -0.2) is 0 Å². The predicted octanol–water partition coefficient (Wildman–Crippen LogP) is 4.47. The number of carbonyl (C=O) groups is 1. The van der Waals surface area contributed by atoms with Gasteiger partial charge in [0.25, 0.3) is 5.69 Å². The van der Waals surface area contributed by atoms with Gasteiger partial charge in [-0.2, -0.15) is 13.2 Å². The summed E-state index contributed by atoms with van der Waals surface area (Å²) in [5.41, 5.74) is -0.810. The van der Waals surface area contributed by atoms with Crippen molar-refractivity contribution in [2.45, 2.75) is 19.0 Å². The molecule has 0 unspecified atom stereocenters. The molecule has 1 aliphatic rings. The largest absolute Gasteiger partial charge is 0.416 e. The predicted molar refractivity (Wildman–Crippen MR) is 98.1 cm³/mol. The highest BCUT2D eigenvalue weighted by Gasteiger charge is 2.34. The molecule has 0 radical (unpaired) electrons. The SMILES string of the molecule is O=C(Nc1ccccc1)C1CCN(c2ccc(C(F)(F)F)cc2[N+](=O)[O-])CC1. The summed E-state index contributed by atoms with van der Waals surface area (Å²) in [5, 5.41) is 14.1. The van der Waals surface area contributed by atoms with Crippen LogP contribution < -0.4 is 10.2 Å². The number of halogens is 3. The van der Waals surface area contributed by atoms with Gasteiger partial charge >= 0.3 is 6.18 Å². The van der Waals surface area contributed by atoms with Gasteiger partial charge in [-0.15, -0.1) is 0 Å². The van der Waals surface area contributed by atoms with Crippen LogP contribution in [0.1, 0.15) is 18.4 Å². The standard InChI is InChI=1S/C19H18F3N3O3/c20-19(21,22)14-6-7-16(17(12-14)25(27)28)24-10-8-13(9-11-24)18(26)23-15-4-2-1-3-5-15/h1-7,12-13H,8-11H2,(H,23,26). The van der Waals surface area contributed by atoms with Gasteiger partial charge < -0.3 is 10.2 Å². The molecule has 0 spiro atoms. The zero-order valence-electron chi connectivity index (χ0n) is 14.8. The number of nitrogens with zero attached hydrogens (tertiary/aromatic N) is 2. The maximum atomic E-state index is 12.8. The molecule has 0 bridgehead atoms. The molecule has 1 aliphatic heterocycles. The summed E-state index contributed by atoms with van der Waals surface area (Å²) in [6, 6.07) is 11.5. The topological polar surface area (TPSA) is 75.5 Å². The molecule has 148 valence electrons. The molecular weight excluding hydrogens is 375 g/mol. The van der Waals surface area contributed by atoms with Gasteiger partial charge in [-0.1, -0.05) is 18.2 Å². The lowest BCUT2D eigenvalue weighted by atomic mass is 9.95. The number of nitro benzene ring substituents is 1. The van der Waals surface area contributed by atoms with Crippen LogP contribution in [0.2, 0.25) is 0 Å². The van der Waals surface area contributed by atoms with E-state index in [1.165, 1.54) is 0 Å². The fraction of sp³-hybridized carbons (Fsp3) is 0.316. The third-order valence-electron chi connectivity index (χ3n) is 4.75. The first-order chi connectivity index (χ1) is 13.3. The van der Waals surface area contributed by atoms with E-state index in [1.807, 2.05) is 18.2 Å². The number of hydrogen-bond acceptors (Lipinski definition) is 4. The first kappa shape index (κ1) is 19.7. The van der Waals surface area contributed by atoms with Crippen LogP contribution in [-0.2, 0) is 11.0 Å². The number of piperidine rings is 1. The van der Waals surface area contributed by atoms with Crippen molar-refractivity contribution in [3.63, 3.8) is 0 Å². The van der Waals surface area contributed by atoms with Gasteiger partial charge in [-0.05, 0) is 37.1 Å². The number of para-hydroxylation sites is 1. The number of alkyl halides is 3. The van der Waals surface area contributed by atoms with E-state index in [9.17, 15) is 28.1 Å². The second-order valence-electron chi connectivity index (χ2n) is 6.57. The van der Waals surface area contributed by atoms with E-state index in [-0.39, 0.29) is 17.5 Å². The van der Waals surface area contributed by atoms with E-state index < -0.39 is 22.4 Å². The molecule has 28 heavy (non-hydrogen) atoms. The van der Waals surface area contributed by atoms with Gasteiger partial charge in [-0.3, -0.25) is 14.9 Å². The van der Waals surface area contributed by atoms with Crippen molar-refractivity contribution in [1.82, 2.24) is 0 Å². The number of nitrogens with one attached hydrogen (secondary N) is 1. The fourth-order valence-corrected chi connectivity index (χ4v) is 3.26. The third-order valence-corrected chi connectivity index (χ3v) is 4.75. The molecule has 0 atom stereocenters. The summed E-state index contributed by atoms with van der Waals surface area (Å²) in [4.78, 5) is 24.5. The Bertz CT molecular complexity index is 864. The molecule has 1 fully saturated rings. The van der Waals surface area contributed by atoms with Gasteiger partial charge in [0.15, 0.2) is 0 Å². The number of rotatable bonds is 4. The quantitative estimate of drug-likeness (QED) is 0.614. The van der Waals surface area contributed by atoms with Crippen LogP contribution >= 0.6 is 0 Å². The summed E-state index contributed by atoms with van der Waals surface area (Å²) in [5.74, 6) is -0.391. The molecular formula is C19H18F3N3O3. The summed E-state index contributed by atoms with van der Waals surface area (Å²) in [7, 11) is 0. The fourth-order valence-electron chi connectivity index (χ4n) is 3.26. The Labute approximate surface area is 159 Å². The molecule has 0 aliphatic carbocycles. The minimum absolute atomic E-state index is 0.132. The number of hydrogen-bond donors (Lipinski definition) is 1. The van der Waals surface area contributed by atoms with Gasteiger partial charge in [0.1, 0.15) is 5.69 Å². The number of nitro groups is 1. The van der Waals surface area contributed by atoms with Crippen molar-refractivity contribution in [2.24, 2.45) is 5.92 Å². The van der Waals surface area contributed by atoms with Crippen molar-refractivity contribution in [3.05, 3.63) is 64.2 Å². The average Bonchev–Trinajstić information content (AvgIpc) is 2.67. The minimum atomic E-state index is -4.65. The number of benzene rings is 2. The maximum absolute atomic E-state index is 12.8. The molecule has 1 heterocycles. The van der Waals surface area contributed by atoms with Crippen molar-refractivity contribution in [1.29, 1.82) is 0 Å². The lowest BCUT2D eigenvalue weighted by Crippen LogP contribution is -2.38. The van der Waals surface area contributed by atoms with Crippen molar-refractivity contribution in [2.75, 3.05) is 23.3 Å². The second kappa shape index (κ2) is 7.87.